The molecule has 1 fully saturated rings. The van der Waals surface area contributed by atoms with Crippen LogP contribution in [0.5, 0.6) is 0 Å². The lowest BCUT2D eigenvalue weighted by Gasteiger charge is -2.26. The number of anilines is 1. The van der Waals surface area contributed by atoms with E-state index < -0.39 is 0 Å². The van der Waals surface area contributed by atoms with E-state index in [-0.39, 0.29) is 12.6 Å². The summed E-state index contributed by atoms with van der Waals surface area (Å²) in [6, 6.07) is 10.3. The SMILES string of the molecule is CC1CCN(c2ccccc2C#N)CC(CO)N1. The maximum Gasteiger partial charge on any atom is 0.101 e. The molecule has 1 aliphatic rings. The highest BCUT2D eigenvalue weighted by molar-refractivity contribution is 5.59. The third-order valence-electron chi connectivity index (χ3n) is 3.38. The minimum atomic E-state index is 0.0641. The first-order valence-corrected chi connectivity index (χ1v) is 6.35. The predicted octanol–water partition coefficient (Wildman–Crippen LogP) is 1.11. The van der Waals surface area contributed by atoms with Crippen LogP contribution in [-0.4, -0.2) is 36.9 Å². The molecule has 4 heteroatoms. The van der Waals surface area contributed by atoms with Gasteiger partial charge in [0.15, 0.2) is 0 Å². The van der Waals surface area contributed by atoms with Crippen molar-refractivity contribution in [3.63, 3.8) is 0 Å². The Hall–Kier alpha value is -1.57. The summed E-state index contributed by atoms with van der Waals surface area (Å²) in [7, 11) is 0. The second-order valence-corrected chi connectivity index (χ2v) is 4.81. The van der Waals surface area contributed by atoms with Crippen LogP contribution in [0, 0.1) is 11.3 Å². The molecular formula is C14H19N3O. The fourth-order valence-electron chi connectivity index (χ4n) is 2.42. The second-order valence-electron chi connectivity index (χ2n) is 4.81. The van der Waals surface area contributed by atoms with Gasteiger partial charge in [-0.1, -0.05) is 12.1 Å². The van der Waals surface area contributed by atoms with Gasteiger partial charge < -0.3 is 15.3 Å². The summed E-state index contributed by atoms with van der Waals surface area (Å²) in [5.74, 6) is 0. The van der Waals surface area contributed by atoms with Crippen molar-refractivity contribution in [2.24, 2.45) is 0 Å². The van der Waals surface area contributed by atoms with Gasteiger partial charge in [-0.2, -0.15) is 5.26 Å². The summed E-state index contributed by atoms with van der Waals surface area (Å²) < 4.78 is 0. The standard InChI is InChI=1S/C14H19N3O/c1-11-6-7-17(9-13(10-18)16-11)14-5-3-2-4-12(14)8-15/h2-5,11,13,16,18H,6-7,9-10H2,1H3. The van der Waals surface area contributed by atoms with Crippen LogP contribution in [0.1, 0.15) is 18.9 Å². The Morgan fingerprint density at radius 2 is 2.28 bits per heavy atom. The molecule has 0 aromatic heterocycles. The summed E-state index contributed by atoms with van der Waals surface area (Å²) in [5.41, 5.74) is 1.66. The van der Waals surface area contributed by atoms with Crippen molar-refractivity contribution in [1.29, 1.82) is 5.26 Å². The summed E-state index contributed by atoms with van der Waals surface area (Å²) in [5, 5.41) is 21.9. The molecule has 1 aliphatic heterocycles. The molecule has 0 saturated carbocycles. The molecule has 0 aliphatic carbocycles. The zero-order chi connectivity index (χ0) is 13.0. The number of para-hydroxylation sites is 1. The molecule has 0 radical (unpaired) electrons. The van der Waals surface area contributed by atoms with Gasteiger partial charge in [-0.25, -0.2) is 0 Å². The monoisotopic (exact) mass is 245 g/mol. The number of nitrogens with zero attached hydrogens (tertiary/aromatic N) is 2. The van der Waals surface area contributed by atoms with E-state index in [2.05, 4.69) is 23.2 Å². The number of aliphatic hydroxyl groups excluding tert-OH is 1. The average Bonchev–Trinajstić information content (AvgIpc) is 2.60. The van der Waals surface area contributed by atoms with Gasteiger partial charge in [0.2, 0.25) is 0 Å². The van der Waals surface area contributed by atoms with E-state index in [0.717, 1.165) is 25.2 Å². The quantitative estimate of drug-likeness (QED) is 0.819. The van der Waals surface area contributed by atoms with E-state index in [1.54, 1.807) is 0 Å². The summed E-state index contributed by atoms with van der Waals surface area (Å²) in [6.07, 6.45) is 1.01. The van der Waals surface area contributed by atoms with Gasteiger partial charge in [0.25, 0.3) is 0 Å². The maximum absolute atomic E-state index is 9.37. The molecule has 1 heterocycles. The Morgan fingerprint density at radius 3 is 3.00 bits per heavy atom. The van der Waals surface area contributed by atoms with Crippen LogP contribution in [0.2, 0.25) is 0 Å². The fraction of sp³-hybridized carbons (Fsp3) is 0.500. The Bertz CT molecular complexity index is 441. The van der Waals surface area contributed by atoms with Gasteiger partial charge in [-0.15, -0.1) is 0 Å². The Morgan fingerprint density at radius 1 is 1.50 bits per heavy atom. The molecule has 2 rings (SSSR count). The number of hydrogen-bond donors (Lipinski definition) is 2. The van der Waals surface area contributed by atoms with Crippen molar-refractivity contribution in [2.75, 3.05) is 24.6 Å². The van der Waals surface area contributed by atoms with Crippen LogP contribution in [0.25, 0.3) is 0 Å². The molecule has 4 nitrogen and oxygen atoms in total. The fourth-order valence-corrected chi connectivity index (χ4v) is 2.42. The first-order valence-electron chi connectivity index (χ1n) is 6.35. The van der Waals surface area contributed by atoms with Crippen molar-refractivity contribution >= 4 is 5.69 Å². The first-order chi connectivity index (χ1) is 8.74. The minimum Gasteiger partial charge on any atom is -0.395 e. The molecule has 0 bridgehead atoms. The average molecular weight is 245 g/mol. The molecule has 0 amide bonds. The lowest BCUT2D eigenvalue weighted by Crippen LogP contribution is -2.42. The van der Waals surface area contributed by atoms with Gasteiger partial charge >= 0.3 is 0 Å². The predicted molar refractivity (Wildman–Crippen MR) is 71.5 cm³/mol. The molecular weight excluding hydrogens is 226 g/mol. The van der Waals surface area contributed by atoms with Crippen LogP contribution in [0.15, 0.2) is 24.3 Å². The van der Waals surface area contributed by atoms with Crippen LogP contribution < -0.4 is 10.2 Å². The largest absolute Gasteiger partial charge is 0.395 e. The number of benzene rings is 1. The van der Waals surface area contributed by atoms with Gasteiger partial charge in [-0.3, -0.25) is 0 Å². The molecule has 1 aromatic rings. The normalized spacial score (nSPS) is 24.4. The molecule has 1 saturated heterocycles. The molecule has 2 atom stereocenters. The number of nitrogens with one attached hydrogen (secondary N) is 1. The Kier molecular flexibility index (Phi) is 4.19. The number of rotatable bonds is 2. The summed E-state index contributed by atoms with van der Waals surface area (Å²) >= 11 is 0. The van der Waals surface area contributed by atoms with Crippen molar-refractivity contribution in [1.82, 2.24) is 5.32 Å². The van der Waals surface area contributed by atoms with Crippen LogP contribution >= 0.6 is 0 Å². The van der Waals surface area contributed by atoms with Crippen molar-refractivity contribution in [2.45, 2.75) is 25.4 Å². The highest BCUT2D eigenvalue weighted by atomic mass is 16.3. The zero-order valence-electron chi connectivity index (χ0n) is 10.6. The van der Waals surface area contributed by atoms with E-state index in [4.69, 9.17) is 5.26 Å². The maximum atomic E-state index is 9.37. The minimum absolute atomic E-state index is 0.0641. The van der Waals surface area contributed by atoms with E-state index >= 15 is 0 Å². The highest BCUT2D eigenvalue weighted by Gasteiger charge is 2.22. The Labute approximate surface area is 108 Å². The second kappa shape index (κ2) is 5.85. The lowest BCUT2D eigenvalue weighted by molar-refractivity contribution is 0.240. The van der Waals surface area contributed by atoms with E-state index in [0.29, 0.717) is 11.6 Å². The molecule has 0 spiro atoms. The Balaban J connectivity index is 2.23. The van der Waals surface area contributed by atoms with Gasteiger partial charge in [0.05, 0.1) is 17.9 Å². The van der Waals surface area contributed by atoms with Crippen LogP contribution in [0.3, 0.4) is 0 Å². The van der Waals surface area contributed by atoms with Crippen molar-refractivity contribution < 1.29 is 5.11 Å². The van der Waals surface area contributed by atoms with Gasteiger partial charge in [-0.05, 0) is 25.5 Å². The van der Waals surface area contributed by atoms with Crippen molar-refractivity contribution in [3.8, 4) is 6.07 Å². The molecule has 1 aromatic carbocycles. The van der Waals surface area contributed by atoms with E-state index in [1.807, 2.05) is 24.3 Å². The zero-order valence-corrected chi connectivity index (χ0v) is 10.6. The van der Waals surface area contributed by atoms with E-state index in [1.165, 1.54) is 0 Å². The highest BCUT2D eigenvalue weighted by Crippen LogP contribution is 2.21. The molecule has 96 valence electrons. The number of hydrogen-bond acceptors (Lipinski definition) is 4. The third-order valence-corrected chi connectivity index (χ3v) is 3.38. The number of aliphatic hydroxyl groups is 1. The van der Waals surface area contributed by atoms with Crippen LogP contribution in [0.4, 0.5) is 5.69 Å². The first kappa shape index (κ1) is 12.9. The van der Waals surface area contributed by atoms with Crippen LogP contribution in [-0.2, 0) is 0 Å². The topological polar surface area (TPSA) is 59.3 Å². The summed E-state index contributed by atoms with van der Waals surface area (Å²) in [6.45, 7) is 3.89. The van der Waals surface area contributed by atoms with E-state index in [9.17, 15) is 5.11 Å². The molecule has 18 heavy (non-hydrogen) atoms. The lowest BCUT2D eigenvalue weighted by atomic mass is 10.1. The molecule has 2 N–H and O–H groups in total. The van der Waals surface area contributed by atoms with Gasteiger partial charge in [0.1, 0.15) is 6.07 Å². The smallest absolute Gasteiger partial charge is 0.101 e. The van der Waals surface area contributed by atoms with Gasteiger partial charge in [0, 0.05) is 25.2 Å². The molecule has 2 unspecified atom stereocenters. The van der Waals surface area contributed by atoms with Crippen molar-refractivity contribution in [3.05, 3.63) is 29.8 Å². The third kappa shape index (κ3) is 2.81. The number of nitriles is 1. The summed E-state index contributed by atoms with van der Waals surface area (Å²) in [4.78, 5) is 2.19.